The molecule has 0 spiro atoms. The standard InChI is InChI=1S/C19H27N3O4/c1-25-16-7-6-13(10-17(16)26-2)12-22-9-8-20-19(24)15(22)11-18(23)21-14-4-3-5-14/h6-7,10,14-15H,3-5,8-9,11-12H2,1-2H3,(H,20,24)(H,21,23). The van der Waals surface area contributed by atoms with Gasteiger partial charge in [0.05, 0.1) is 26.7 Å². The van der Waals surface area contributed by atoms with Crippen LogP contribution in [0.5, 0.6) is 11.5 Å². The third-order valence-corrected chi connectivity index (χ3v) is 5.12. The van der Waals surface area contributed by atoms with E-state index in [4.69, 9.17) is 9.47 Å². The maximum absolute atomic E-state index is 12.3. The van der Waals surface area contributed by atoms with E-state index in [1.165, 1.54) is 6.42 Å². The number of nitrogens with one attached hydrogen (secondary N) is 2. The Morgan fingerprint density at radius 3 is 2.69 bits per heavy atom. The van der Waals surface area contributed by atoms with Crippen LogP contribution < -0.4 is 20.1 Å². The Kier molecular flexibility index (Phi) is 5.98. The lowest BCUT2D eigenvalue weighted by Crippen LogP contribution is -2.56. The molecule has 1 unspecified atom stereocenters. The van der Waals surface area contributed by atoms with E-state index in [1.54, 1.807) is 14.2 Å². The lowest BCUT2D eigenvalue weighted by atomic mass is 9.93. The van der Waals surface area contributed by atoms with E-state index in [-0.39, 0.29) is 24.3 Å². The van der Waals surface area contributed by atoms with Gasteiger partial charge in [-0.05, 0) is 37.0 Å². The van der Waals surface area contributed by atoms with E-state index in [9.17, 15) is 9.59 Å². The van der Waals surface area contributed by atoms with Crippen molar-refractivity contribution in [1.82, 2.24) is 15.5 Å². The molecule has 1 aliphatic heterocycles. The molecular formula is C19H27N3O4. The maximum Gasteiger partial charge on any atom is 0.237 e. The van der Waals surface area contributed by atoms with Crippen LogP contribution in [0.25, 0.3) is 0 Å². The second-order valence-corrected chi connectivity index (χ2v) is 6.87. The zero-order chi connectivity index (χ0) is 18.5. The van der Waals surface area contributed by atoms with Crippen molar-refractivity contribution in [3.8, 4) is 11.5 Å². The summed E-state index contributed by atoms with van der Waals surface area (Å²) in [6, 6.07) is 5.57. The Hall–Kier alpha value is -2.28. The largest absolute Gasteiger partial charge is 0.493 e. The fourth-order valence-electron chi connectivity index (χ4n) is 3.40. The molecule has 0 bridgehead atoms. The molecule has 2 aliphatic rings. The lowest BCUT2D eigenvalue weighted by Gasteiger charge is -2.35. The second kappa shape index (κ2) is 8.40. The van der Waals surface area contributed by atoms with Gasteiger partial charge < -0.3 is 20.1 Å². The number of hydrogen-bond acceptors (Lipinski definition) is 5. The topological polar surface area (TPSA) is 79.9 Å². The Morgan fingerprint density at radius 2 is 2.04 bits per heavy atom. The number of ether oxygens (including phenoxy) is 2. The van der Waals surface area contributed by atoms with Crippen molar-refractivity contribution in [2.75, 3.05) is 27.3 Å². The average molecular weight is 361 g/mol. The highest BCUT2D eigenvalue weighted by molar-refractivity contribution is 5.89. The van der Waals surface area contributed by atoms with Crippen LogP contribution in [-0.2, 0) is 16.1 Å². The summed E-state index contributed by atoms with van der Waals surface area (Å²) in [5.41, 5.74) is 1.02. The van der Waals surface area contributed by atoms with Crippen molar-refractivity contribution in [3.05, 3.63) is 23.8 Å². The molecule has 0 aromatic heterocycles. The molecule has 142 valence electrons. The summed E-state index contributed by atoms with van der Waals surface area (Å²) < 4.78 is 10.6. The molecule has 7 nitrogen and oxygen atoms in total. The average Bonchev–Trinajstić information content (AvgIpc) is 2.61. The quantitative estimate of drug-likeness (QED) is 0.759. The Labute approximate surface area is 154 Å². The zero-order valence-electron chi connectivity index (χ0n) is 15.4. The van der Waals surface area contributed by atoms with E-state index in [0.29, 0.717) is 31.1 Å². The van der Waals surface area contributed by atoms with Crippen LogP contribution in [0.2, 0.25) is 0 Å². The summed E-state index contributed by atoms with van der Waals surface area (Å²) in [5.74, 6) is 1.20. The second-order valence-electron chi connectivity index (χ2n) is 6.87. The molecule has 26 heavy (non-hydrogen) atoms. The first-order valence-electron chi connectivity index (χ1n) is 9.12. The molecule has 2 amide bonds. The van der Waals surface area contributed by atoms with Gasteiger partial charge in [-0.1, -0.05) is 6.07 Å². The number of methoxy groups -OCH3 is 2. The predicted molar refractivity (Wildman–Crippen MR) is 97.2 cm³/mol. The van der Waals surface area contributed by atoms with Gasteiger partial charge in [0.15, 0.2) is 11.5 Å². The summed E-state index contributed by atoms with van der Waals surface area (Å²) in [4.78, 5) is 26.7. The summed E-state index contributed by atoms with van der Waals surface area (Å²) in [5, 5.41) is 5.89. The highest BCUT2D eigenvalue weighted by atomic mass is 16.5. The summed E-state index contributed by atoms with van der Waals surface area (Å²) >= 11 is 0. The van der Waals surface area contributed by atoms with Crippen molar-refractivity contribution < 1.29 is 19.1 Å². The van der Waals surface area contributed by atoms with Gasteiger partial charge in [0.1, 0.15) is 0 Å². The number of benzene rings is 1. The normalized spacial score (nSPS) is 20.8. The molecule has 0 radical (unpaired) electrons. The van der Waals surface area contributed by atoms with E-state index in [2.05, 4.69) is 15.5 Å². The molecule has 2 fully saturated rings. The Balaban J connectivity index is 1.67. The fourth-order valence-corrected chi connectivity index (χ4v) is 3.40. The molecule has 7 heteroatoms. The highest BCUT2D eigenvalue weighted by Crippen LogP contribution is 2.28. The van der Waals surface area contributed by atoms with Crippen LogP contribution >= 0.6 is 0 Å². The van der Waals surface area contributed by atoms with Crippen molar-refractivity contribution in [2.45, 2.75) is 44.3 Å². The zero-order valence-corrected chi connectivity index (χ0v) is 15.4. The molecule has 1 saturated heterocycles. The number of hydrogen-bond donors (Lipinski definition) is 2. The van der Waals surface area contributed by atoms with Gasteiger partial charge in [-0.25, -0.2) is 0 Å². The van der Waals surface area contributed by atoms with E-state index < -0.39 is 6.04 Å². The lowest BCUT2D eigenvalue weighted by molar-refractivity contribution is -0.134. The van der Waals surface area contributed by atoms with Gasteiger partial charge in [-0.15, -0.1) is 0 Å². The number of rotatable bonds is 7. The first-order valence-corrected chi connectivity index (χ1v) is 9.12. The fraction of sp³-hybridized carbons (Fsp3) is 0.579. The van der Waals surface area contributed by atoms with Gasteiger partial charge in [-0.3, -0.25) is 14.5 Å². The van der Waals surface area contributed by atoms with E-state index in [1.807, 2.05) is 18.2 Å². The third kappa shape index (κ3) is 4.27. The third-order valence-electron chi connectivity index (χ3n) is 5.12. The summed E-state index contributed by atoms with van der Waals surface area (Å²) in [6.45, 7) is 1.88. The monoisotopic (exact) mass is 361 g/mol. The molecule has 1 aromatic carbocycles. The number of carbonyl (C=O) groups is 2. The molecule has 1 saturated carbocycles. The van der Waals surface area contributed by atoms with E-state index in [0.717, 1.165) is 18.4 Å². The molecule has 1 heterocycles. The smallest absolute Gasteiger partial charge is 0.237 e. The van der Waals surface area contributed by atoms with Crippen LogP contribution in [0.1, 0.15) is 31.2 Å². The maximum atomic E-state index is 12.3. The van der Waals surface area contributed by atoms with Crippen LogP contribution in [0.3, 0.4) is 0 Å². The molecule has 3 rings (SSSR count). The first-order chi connectivity index (χ1) is 12.6. The molecular weight excluding hydrogens is 334 g/mol. The summed E-state index contributed by atoms with van der Waals surface area (Å²) in [6.07, 6.45) is 3.44. The molecule has 2 N–H and O–H groups in total. The van der Waals surface area contributed by atoms with Gasteiger partial charge in [-0.2, -0.15) is 0 Å². The SMILES string of the molecule is COc1ccc(CN2CCNC(=O)C2CC(=O)NC2CCC2)cc1OC. The minimum Gasteiger partial charge on any atom is -0.493 e. The molecule has 1 atom stereocenters. The van der Waals surface area contributed by atoms with Gasteiger partial charge in [0, 0.05) is 25.7 Å². The number of amides is 2. The van der Waals surface area contributed by atoms with Crippen LogP contribution in [-0.4, -0.2) is 56.1 Å². The van der Waals surface area contributed by atoms with Crippen LogP contribution in [0, 0.1) is 0 Å². The number of carbonyl (C=O) groups excluding carboxylic acids is 2. The Bertz CT molecular complexity index is 660. The predicted octanol–water partition coefficient (Wildman–Crippen LogP) is 1.06. The van der Waals surface area contributed by atoms with Gasteiger partial charge >= 0.3 is 0 Å². The number of nitrogens with zero attached hydrogens (tertiary/aromatic N) is 1. The van der Waals surface area contributed by atoms with Crippen molar-refractivity contribution in [3.63, 3.8) is 0 Å². The minimum atomic E-state index is -0.447. The van der Waals surface area contributed by atoms with Crippen molar-refractivity contribution >= 4 is 11.8 Å². The van der Waals surface area contributed by atoms with Crippen molar-refractivity contribution in [1.29, 1.82) is 0 Å². The molecule has 1 aromatic rings. The minimum absolute atomic E-state index is 0.0472. The number of piperazine rings is 1. The van der Waals surface area contributed by atoms with E-state index >= 15 is 0 Å². The van der Waals surface area contributed by atoms with Crippen LogP contribution in [0.15, 0.2) is 18.2 Å². The van der Waals surface area contributed by atoms with Gasteiger partial charge in [0.2, 0.25) is 11.8 Å². The van der Waals surface area contributed by atoms with Crippen LogP contribution in [0.4, 0.5) is 0 Å². The van der Waals surface area contributed by atoms with Crippen molar-refractivity contribution in [2.24, 2.45) is 0 Å². The first kappa shape index (κ1) is 18.5. The summed E-state index contributed by atoms with van der Waals surface area (Å²) in [7, 11) is 3.20. The molecule has 1 aliphatic carbocycles. The highest BCUT2D eigenvalue weighted by Gasteiger charge is 2.32. The van der Waals surface area contributed by atoms with Gasteiger partial charge in [0.25, 0.3) is 0 Å². The Morgan fingerprint density at radius 1 is 1.27 bits per heavy atom.